The molecule has 4 aromatic rings. The molecule has 0 spiro atoms. The van der Waals surface area contributed by atoms with Crippen LogP contribution in [0.15, 0.2) is 36.7 Å². The molecule has 4 rings (SSSR count). The molecule has 2 N–H and O–H groups in total. The van der Waals surface area contributed by atoms with E-state index in [0.29, 0.717) is 5.82 Å². The average molecular weight is 375 g/mol. The van der Waals surface area contributed by atoms with Crippen molar-refractivity contribution in [3.63, 3.8) is 0 Å². The number of hydrogen-bond acceptors (Lipinski definition) is 7. The van der Waals surface area contributed by atoms with Gasteiger partial charge >= 0.3 is 6.01 Å². The molecule has 28 heavy (non-hydrogen) atoms. The summed E-state index contributed by atoms with van der Waals surface area (Å²) in [6.07, 6.45) is 3.38. The van der Waals surface area contributed by atoms with Crippen molar-refractivity contribution in [3.05, 3.63) is 53.6 Å². The maximum absolute atomic E-state index is 6.00. The summed E-state index contributed by atoms with van der Waals surface area (Å²) >= 11 is 0. The number of nitrogens with two attached hydrogens (primary N) is 1. The fraction of sp³-hybridized carbons (Fsp3) is 0.250. The number of fused-ring (bicyclic) bond motifs is 1. The van der Waals surface area contributed by atoms with Gasteiger partial charge < -0.3 is 10.5 Å². The van der Waals surface area contributed by atoms with Gasteiger partial charge in [0.15, 0.2) is 0 Å². The van der Waals surface area contributed by atoms with Crippen molar-refractivity contribution in [1.82, 2.24) is 29.7 Å². The zero-order chi connectivity index (χ0) is 19.8. The first-order chi connectivity index (χ1) is 13.4. The van der Waals surface area contributed by atoms with Crippen LogP contribution in [-0.2, 0) is 7.05 Å². The Morgan fingerprint density at radius 1 is 1.11 bits per heavy atom. The smallest absolute Gasteiger partial charge is 0.322 e. The van der Waals surface area contributed by atoms with Crippen LogP contribution in [0.5, 0.6) is 6.01 Å². The normalized spacial score (nSPS) is 12.3. The Morgan fingerprint density at radius 3 is 2.64 bits per heavy atom. The Kier molecular flexibility index (Phi) is 4.38. The molecule has 1 aromatic carbocycles. The highest BCUT2D eigenvalue weighted by molar-refractivity contribution is 5.85. The summed E-state index contributed by atoms with van der Waals surface area (Å²) in [5, 5.41) is 5.34. The van der Waals surface area contributed by atoms with Crippen molar-refractivity contribution in [3.8, 4) is 17.3 Å². The third-order valence-corrected chi connectivity index (χ3v) is 4.52. The quantitative estimate of drug-likeness (QED) is 0.584. The molecule has 0 fully saturated rings. The molecule has 1 atom stereocenters. The molecule has 0 aliphatic carbocycles. The molecular formula is C20H21N7O. The van der Waals surface area contributed by atoms with E-state index in [9.17, 15) is 0 Å². The van der Waals surface area contributed by atoms with Gasteiger partial charge in [-0.15, -0.1) is 0 Å². The summed E-state index contributed by atoms with van der Waals surface area (Å²) in [4.78, 5) is 17.2. The summed E-state index contributed by atoms with van der Waals surface area (Å²) < 4.78 is 7.76. The minimum absolute atomic E-state index is 0.134. The van der Waals surface area contributed by atoms with E-state index < -0.39 is 0 Å². The summed E-state index contributed by atoms with van der Waals surface area (Å²) in [6.45, 7) is 5.74. The molecule has 3 heterocycles. The number of pyridine rings is 1. The lowest BCUT2D eigenvalue weighted by atomic mass is 10.0. The molecule has 0 bridgehead atoms. The van der Waals surface area contributed by atoms with Gasteiger partial charge in [0.1, 0.15) is 11.9 Å². The van der Waals surface area contributed by atoms with E-state index in [1.165, 1.54) is 0 Å². The second-order valence-electron chi connectivity index (χ2n) is 6.76. The summed E-state index contributed by atoms with van der Waals surface area (Å²) in [5.74, 6) is 0.642. The van der Waals surface area contributed by atoms with Gasteiger partial charge in [0, 0.05) is 29.8 Å². The van der Waals surface area contributed by atoms with Crippen LogP contribution >= 0.6 is 0 Å². The molecule has 0 saturated heterocycles. The topological polar surface area (TPSA) is 105 Å². The number of ether oxygens (including phenoxy) is 1. The van der Waals surface area contributed by atoms with Crippen LogP contribution in [0, 0.1) is 13.8 Å². The molecule has 0 aliphatic rings. The lowest BCUT2D eigenvalue weighted by Crippen LogP contribution is -2.10. The number of anilines is 1. The molecular weight excluding hydrogens is 354 g/mol. The number of para-hydroxylation sites is 1. The molecule has 0 saturated carbocycles. The lowest BCUT2D eigenvalue weighted by molar-refractivity contribution is 0.207. The highest BCUT2D eigenvalue weighted by Gasteiger charge is 2.19. The Bertz CT molecular complexity index is 1150. The summed E-state index contributed by atoms with van der Waals surface area (Å²) in [6, 6.07) is 8.41. The van der Waals surface area contributed by atoms with Gasteiger partial charge in [-0.1, -0.05) is 18.2 Å². The van der Waals surface area contributed by atoms with E-state index in [1.54, 1.807) is 17.8 Å². The SMILES string of the molecule is Cc1nc(N)nc(O[C@@H](C)c2cc3cccc(C)c3nc2-c2cnn(C)c2)n1. The van der Waals surface area contributed by atoms with Crippen LogP contribution < -0.4 is 10.5 Å². The third kappa shape index (κ3) is 3.36. The van der Waals surface area contributed by atoms with Crippen molar-refractivity contribution in [2.24, 2.45) is 7.05 Å². The van der Waals surface area contributed by atoms with Crippen molar-refractivity contribution >= 4 is 16.9 Å². The molecule has 0 aliphatic heterocycles. The van der Waals surface area contributed by atoms with Gasteiger partial charge in [-0.3, -0.25) is 4.68 Å². The number of aryl methyl sites for hydroxylation is 3. The van der Waals surface area contributed by atoms with Crippen LogP contribution in [0.1, 0.15) is 30.0 Å². The first-order valence-electron chi connectivity index (χ1n) is 8.95. The molecule has 0 radical (unpaired) electrons. The Hall–Kier alpha value is -3.55. The molecule has 3 aromatic heterocycles. The zero-order valence-electron chi connectivity index (χ0n) is 16.2. The van der Waals surface area contributed by atoms with Gasteiger partial charge in [0.05, 0.1) is 17.4 Å². The lowest BCUT2D eigenvalue weighted by Gasteiger charge is -2.18. The number of rotatable bonds is 4. The first-order valence-corrected chi connectivity index (χ1v) is 8.95. The van der Waals surface area contributed by atoms with E-state index in [1.807, 2.05) is 32.3 Å². The van der Waals surface area contributed by atoms with Crippen LogP contribution in [0.2, 0.25) is 0 Å². The first kappa shape index (κ1) is 17.8. The second-order valence-corrected chi connectivity index (χ2v) is 6.76. The fourth-order valence-electron chi connectivity index (χ4n) is 3.20. The van der Waals surface area contributed by atoms with Gasteiger partial charge in [0.2, 0.25) is 5.95 Å². The van der Waals surface area contributed by atoms with Crippen LogP contribution in [-0.4, -0.2) is 29.7 Å². The highest BCUT2D eigenvalue weighted by Crippen LogP contribution is 2.32. The Balaban J connectivity index is 1.84. The fourth-order valence-corrected chi connectivity index (χ4v) is 3.20. The zero-order valence-corrected chi connectivity index (χ0v) is 16.2. The minimum Gasteiger partial charge on any atom is -0.455 e. The van der Waals surface area contributed by atoms with Gasteiger partial charge in [-0.05, 0) is 32.4 Å². The Labute approximate surface area is 162 Å². The maximum atomic E-state index is 6.00. The maximum Gasteiger partial charge on any atom is 0.322 e. The van der Waals surface area contributed by atoms with Gasteiger partial charge in [0.25, 0.3) is 0 Å². The van der Waals surface area contributed by atoms with E-state index >= 15 is 0 Å². The van der Waals surface area contributed by atoms with Gasteiger partial charge in [-0.2, -0.15) is 20.1 Å². The van der Waals surface area contributed by atoms with Crippen LogP contribution in [0.25, 0.3) is 22.2 Å². The predicted molar refractivity (Wildman–Crippen MR) is 107 cm³/mol. The molecule has 142 valence electrons. The molecule has 0 unspecified atom stereocenters. The second kappa shape index (κ2) is 6.88. The van der Waals surface area contributed by atoms with Gasteiger partial charge in [-0.25, -0.2) is 4.98 Å². The van der Waals surface area contributed by atoms with E-state index in [4.69, 9.17) is 15.5 Å². The molecule has 0 amide bonds. The number of nitrogens with zero attached hydrogens (tertiary/aromatic N) is 6. The van der Waals surface area contributed by atoms with E-state index in [2.05, 4.69) is 39.1 Å². The summed E-state index contributed by atoms with van der Waals surface area (Å²) in [5.41, 5.74) is 10.5. The van der Waals surface area contributed by atoms with Crippen molar-refractivity contribution in [2.75, 3.05) is 5.73 Å². The molecule has 8 nitrogen and oxygen atoms in total. The van der Waals surface area contributed by atoms with Crippen molar-refractivity contribution < 1.29 is 4.74 Å². The minimum atomic E-state index is -0.353. The highest BCUT2D eigenvalue weighted by atomic mass is 16.5. The van der Waals surface area contributed by atoms with Crippen LogP contribution in [0.4, 0.5) is 5.95 Å². The van der Waals surface area contributed by atoms with Crippen molar-refractivity contribution in [1.29, 1.82) is 0 Å². The Morgan fingerprint density at radius 2 is 1.93 bits per heavy atom. The van der Waals surface area contributed by atoms with E-state index in [-0.39, 0.29) is 18.1 Å². The third-order valence-electron chi connectivity index (χ3n) is 4.52. The largest absolute Gasteiger partial charge is 0.455 e. The van der Waals surface area contributed by atoms with Crippen LogP contribution in [0.3, 0.4) is 0 Å². The van der Waals surface area contributed by atoms with Crippen molar-refractivity contribution in [2.45, 2.75) is 26.9 Å². The standard InChI is InChI=1S/C20H21N7O/c1-11-6-5-7-14-8-16(12(2)28-20-24-13(3)23-19(21)26-20)18(25-17(11)14)15-9-22-27(4)10-15/h5-10,12H,1-4H3,(H2,21,23,24,26)/t12-/m0/s1. The average Bonchev–Trinajstić information content (AvgIpc) is 3.06. The summed E-state index contributed by atoms with van der Waals surface area (Å²) in [7, 11) is 1.88. The number of nitrogen functional groups attached to an aromatic ring is 1. The monoisotopic (exact) mass is 375 g/mol. The number of aromatic nitrogens is 6. The molecule has 8 heteroatoms. The van der Waals surface area contributed by atoms with E-state index in [0.717, 1.165) is 33.3 Å². The predicted octanol–water partition coefficient (Wildman–Crippen LogP) is 3.16. The number of benzene rings is 1. The number of hydrogen-bond donors (Lipinski definition) is 1.